The van der Waals surface area contributed by atoms with Gasteiger partial charge in [0, 0.05) is 0 Å². The summed E-state index contributed by atoms with van der Waals surface area (Å²) in [5.74, 6) is 0.253. The Bertz CT molecular complexity index is 572. The van der Waals surface area contributed by atoms with E-state index in [1.807, 2.05) is 22.4 Å². The molecule has 3 heterocycles. The van der Waals surface area contributed by atoms with E-state index < -0.39 is 12.0 Å². The summed E-state index contributed by atoms with van der Waals surface area (Å²) in [5, 5.41) is 15.0. The van der Waals surface area contributed by atoms with E-state index in [1.165, 1.54) is 0 Å². The van der Waals surface area contributed by atoms with Crippen LogP contribution in [0.15, 0.2) is 22.0 Å². The second kappa shape index (κ2) is 6.34. The molecule has 0 spiro atoms. The standard InChI is InChI=1S/C12H13N3O3S.ClH/c16-12(17)8-3-1-5-15(8)7-10-13-11(14-18-10)9-4-2-6-19-9;/h2,4,6,8H,1,3,5,7H2,(H,16,17);1H. The third-order valence-electron chi connectivity index (χ3n) is 3.20. The Morgan fingerprint density at radius 2 is 2.45 bits per heavy atom. The lowest BCUT2D eigenvalue weighted by atomic mass is 10.2. The predicted molar refractivity (Wildman–Crippen MR) is 75.9 cm³/mol. The Hall–Kier alpha value is -1.44. The van der Waals surface area contributed by atoms with E-state index in [1.54, 1.807) is 11.3 Å². The molecule has 0 saturated carbocycles. The molecule has 2 aromatic heterocycles. The number of rotatable bonds is 4. The molecule has 0 aliphatic carbocycles. The summed E-state index contributed by atoms with van der Waals surface area (Å²) in [6, 6.07) is 3.42. The molecule has 1 aliphatic rings. The fraction of sp³-hybridized carbons (Fsp3) is 0.417. The lowest BCUT2D eigenvalue weighted by Gasteiger charge is -2.18. The van der Waals surface area contributed by atoms with E-state index >= 15 is 0 Å². The summed E-state index contributed by atoms with van der Waals surface area (Å²) in [6.45, 7) is 1.16. The van der Waals surface area contributed by atoms with Gasteiger partial charge in [-0.3, -0.25) is 9.69 Å². The van der Waals surface area contributed by atoms with Gasteiger partial charge in [-0.1, -0.05) is 11.2 Å². The Morgan fingerprint density at radius 3 is 3.15 bits per heavy atom. The number of carbonyl (C=O) groups is 1. The van der Waals surface area contributed by atoms with Gasteiger partial charge >= 0.3 is 5.97 Å². The van der Waals surface area contributed by atoms with E-state index in [-0.39, 0.29) is 12.4 Å². The molecule has 0 bridgehead atoms. The van der Waals surface area contributed by atoms with Gasteiger partial charge in [-0.15, -0.1) is 23.7 Å². The predicted octanol–water partition coefficient (Wildman–Crippen LogP) is 2.27. The van der Waals surface area contributed by atoms with Crippen LogP contribution < -0.4 is 0 Å². The second-order valence-electron chi connectivity index (χ2n) is 4.46. The zero-order chi connectivity index (χ0) is 13.2. The number of aromatic nitrogens is 2. The Labute approximate surface area is 125 Å². The molecular formula is C12H14ClN3O3S. The van der Waals surface area contributed by atoms with Crippen molar-refractivity contribution >= 4 is 29.7 Å². The van der Waals surface area contributed by atoms with Crippen LogP contribution in [0.2, 0.25) is 0 Å². The molecule has 0 aromatic carbocycles. The van der Waals surface area contributed by atoms with Crippen molar-refractivity contribution in [2.45, 2.75) is 25.4 Å². The molecule has 0 amide bonds. The number of hydrogen-bond donors (Lipinski definition) is 1. The minimum atomic E-state index is -0.782. The van der Waals surface area contributed by atoms with Crippen LogP contribution in [0.3, 0.4) is 0 Å². The Morgan fingerprint density at radius 1 is 1.60 bits per heavy atom. The van der Waals surface area contributed by atoms with Gasteiger partial charge in [-0.05, 0) is 30.8 Å². The van der Waals surface area contributed by atoms with Gasteiger partial charge in [0.05, 0.1) is 11.4 Å². The molecule has 108 valence electrons. The summed E-state index contributed by atoms with van der Waals surface area (Å²) in [7, 11) is 0. The summed E-state index contributed by atoms with van der Waals surface area (Å²) < 4.78 is 5.19. The topological polar surface area (TPSA) is 79.5 Å². The fourth-order valence-corrected chi connectivity index (χ4v) is 2.94. The van der Waals surface area contributed by atoms with Crippen molar-refractivity contribution in [3.63, 3.8) is 0 Å². The van der Waals surface area contributed by atoms with Crippen molar-refractivity contribution in [2.75, 3.05) is 6.54 Å². The van der Waals surface area contributed by atoms with Gasteiger partial charge in [-0.25, -0.2) is 0 Å². The molecule has 1 atom stereocenters. The first-order chi connectivity index (χ1) is 9.24. The number of halogens is 1. The monoisotopic (exact) mass is 315 g/mol. The third-order valence-corrected chi connectivity index (χ3v) is 4.06. The van der Waals surface area contributed by atoms with Crippen molar-refractivity contribution in [1.29, 1.82) is 0 Å². The molecule has 1 N–H and O–H groups in total. The summed E-state index contributed by atoms with van der Waals surface area (Å²) in [4.78, 5) is 18.2. The van der Waals surface area contributed by atoms with E-state index in [9.17, 15) is 4.79 Å². The van der Waals surface area contributed by atoms with Crippen molar-refractivity contribution in [2.24, 2.45) is 0 Å². The molecule has 1 unspecified atom stereocenters. The van der Waals surface area contributed by atoms with Crippen LogP contribution in [-0.2, 0) is 11.3 Å². The molecule has 1 saturated heterocycles. The second-order valence-corrected chi connectivity index (χ2v) is 5.40. The maximum atomic E-state index is 11.1. The number of carboxylic acid groups (broad SMARTS) is 1. The van der Waals surface area contributed by atoms with Crippen molar-refractivity contribution in [3.05, 3.63) is 23.4 Å². The van der Waals surface area contributed by atoms with Gasteiger partial charge in [-0.2, -0.15) is 4.98 Å². The number of aliphatic carboxylic acids is 1. The van der Waals surface area contributed by atoms with Crippen molar-refractivity contribution in [3.8, 4) is 10.7 Å². The van der Waals surface area contributed by atoms with Gasteiger partial charge in [0.2, 0.25) is 11.7 Å². The molecular weight excluding hydrogens is 302 g/mol. The molecule has 8 heteroatoms. The van der Waals surface area contributed by atoms with Crippen LogP contribution in [0.5, 0.6) is 0 Å². The first-order valence-corrected chi connectivity index (χ1v) is 6.95. The maximum absolute atomic E-state index is 11.1. The highest BCUT2D eigenvalue weighted by Gasteiger charge is 2.31. The molecule has 3 rings (SSSR count). The van der Waals surface area contributed by atoms with E-state index in [0.717, 1.165) is 17.8 Å². The highest BCUT2D eigenvalue weighted by Crippen LogP contribution is 2.23. The minimum Gasteiger partial charge on any atom is -0.480 e. The number of thiophene rings is 1. The molecule has 0 radical (unpaired) electrons. The molecule has 1 aliphatic heterocycles. The van der Waals surface area contributed by atoms with Crippen LogP contribution in [0.1, 0.15) is 18.7 Å². The number of carboxylic acids is 1. The molecule has 6 nitrogen and oxygen atoms in total. The first kappa shape index (κ1) is 15.0. The number of likely N-dealkylation sites (tertiary alicyclic amines) is 1. The van der Waals surface area contributed by atoms with Gasteiger partial charge < -0.3 is 9.63 Å². The Kier molecular flexibility index (Phi) is 4.74. The van der Waals surface area contributed by atoms with Crippen LogP contribution >= 0.6 is 23.7 Å². The van der Waals surface area contributed by atoms with E-state index in [2.05, 4.69) is 10.1 Å². The molecule has 1 fully saturated rings. The summed E-state index contributed by atoms with van der Waals surface area (Å²) >= 11 is 1.54. The van der Waals surface area contributed by atoms with Crippen LogP contribution in [0, 0.1) is 0 Å². The van der Waals surface area contributed by atoms with E-state index in [4.69, 9.17) is 9.63 Å². The lowest BCUT2D eigenvalue weighted by Crippen LogP contribution is -2.35. The van der Waals surface area contributed by atoms with Gasteiger partial charge in [0.15, 0.2) is 0 Å². The summed E-state index contributed by atoms with van der Waals surface area (Å²) in [6.07, 6.45) is 1.57. The van der Waals surface area contributed by atoms with Crippen LogP contribution in [0.4, 0.5) is 0 Å². The molecule has 20 heavy (non-hydrogen) atoms. The molecule has 2 aromatic rings. The maximum Gasteiger partial charge on any atom is 0.320 e. The average Bonchev–Trinajstić information content (AvgIpc) is 3.09. The first-order valence-electron chi connectivity index (χ1n) is 6.07. The zero-order valence-electron chi connectivity index (χ0n) is 10.6. The number of hydrogen-bond acceptors (Lipinski definition) is 6. The van der Waals surface area contributed by atoms with Gasteiger partial charge in [0.25, 0.3) is 0 Å². The quantitative estimate of drug-likeness (QED) is 0.932. The largest absolute Gasteiger partial charge is 0.480 e. The van der Waals surface area contributed by atoms with Crippen LogP contribution in [0.25, 0.3) is 10.7 Å². The smallest absolute Gasteiger partial charge is 0.320 e. The SMILES string of the molecule is Cl.O=C(O)C1CCCN1Cc1nc(-c2cccs2)no1. The third kappa shape index (κ3) is 3.00. The average molecular weight is 316 g/mol. The highest BCUT2D eigenvalue weighted by atomic mass is 35.5. The summed E-state index contributed by atoms with van der Waals surface area (Å²) in [5.41, 5.74) is 0. The van der Waals surface area contributed by atoms with Crippen molar-refractivity contribution < 1.29 is 14.4 Å². The van der Waals surface area contributed by atoms with Crippen molar-refractivity contribution in [1.82, 2.24) is 15.0 Å². The Balaban J connectivity index is 0.00000147. The fourth-order valence-electron chi connectivity index (χ4n) is 2.29. The number of nitrogens with zero attached hydrogens (tertiary/aromatic N) is 3. The lowest BCUT2D eigenvalue weighted by molar-refractivity contribution is -0.142. The van der Waals surface area contributed by atoms with E-state index in [0.29, 0.717) is 24.7 Å². The van der Waals surface area contributed by atoms with Crippen LogP contribution in [-0.4, -0.2) is 38.7 Å². The van der Waals surface area contributed by atoms with Gasteiger partial charge in [0.1, 0.15) is 6.04 Å². The normalized spacial score (nSPS) is 18.9. The minimum absolute atomic E-state index is 0. The highest BCUT2D eigenvalue weighted by molar-refractivity contribution is 7.13. The zero-order valence-corrected chi connectivity index (χ0v) is 12.2.